The van der Waals surface area contributed by atoms with Crippen molar-refractivity contribution in [2.75, 3.05) is 7.05 Å². The predicted molar refractivity (Wildman–Crippen MR) is 66.7 cm³/mol. The van der Waals surface area contributed by atoms with Gasteiger partial charge in [0.15, 0.2) is 0 Å². The van der Waals surface area contributed by atoms with Crippen LogP contribution in [0.25, 0.3) is 0 Å². The van der Waals surface area contributed by atoms with E-state index in [4.69, 9.17) is 0 Å². The molecule has 0 aromatic heterocycles. The molecule has 0 amide bonds. The average Bonchev–Trinajstić information content (AvgIpc) is 2.30. The van der Waals surface area contributed by atoms with Crippen LogP contribution < -0.4 is 5.32 Å². The van der Waals surface area contributed by atoms with Gasteiger partial charge in [-0.25, -0.2) is 4.39 Å². The number of benzene rings is 1. The van der Waals surface area contributed by atoms with Crippen molar-refractivity contribution in [3.63, 3.8) is 0 Å². The molecule has 1 unspecified atom stereocenters. The van der Waals surface area contributed by atoms with Crippen LogP contribution in [0.3, 0.4) is 0 Å². The standard InChI is InChI=1S/C14H20FN/c1-4-5-13(11(2)16-3)10-12-6-8-14(15)9-7-12/h6-9,13,16H,2,4-5,10H2,1,3H3. The van der Waals surface area contributed by atoms with E-state index in [1.165, 1.54) is 12.1 Å². The van der Waals surface area contributed by atoms with Crippen LogP contribution in [0.15, 0.2) is 36.5 Å². The van der Waals surface area contributed by atoms with Crippen molar-refractivity contribution in [3.05, 3.63) is 47.9 Å². The second kappa shape index (κ2) is 6.31. The van der Waals surface area contributed by atoms with Gasteiger partial charge >= 0.3 is 0 Å². The Morgan fingerprint density at radius 3 is 2.50 bits per heavy atom. The van der Waals surface area contributed by atoms with Gasteiger partial charge in [0, 0.05) is 18.7 Å². The first-order valence-corrected chi connectivity index (χ1v) is 5.78. The van der Waals surface area contributed by atoms with Gasteiger partial charge in [0.25, 0.3) is 0 Å². The number of halogens is 1. The summed E-state index contributed by atoms with van der Waals surface area (Å²) < 4.78 is 12.8. The fraction of sp³-hybridized carbons (Fsp3) is 0.429. The molecule has 0 spiro atoms. The van der Waals surface area contributed by atoms with Crippen LogP contribution in [0.4, 0.5) is 4.39 Å². The molecule has 0 saturated heterocycles. The normalized spacial score (nSPS) is 12.2. The summed E-state index contributed by atoms with van der Waals surface area (Å²) >= 11 is 0. The largest absolute Gasteiger partial charge is 0.392 e. The van der Waals surface area contributed by atoms with Gasteiger partial charge < -0.3 is 5.32 Å². The van der Waals surface area contributed by atoms with Gasteiger partial charge in [-0.05, 0) is 30.5 Å². The Bertz CT molecular complexity index is 329. The Labute approximate surface area is 97.4 Å². The molecule has 16 heavy (non-hydrogen) atoms. The van der Waals surface area contributed by atoms with Crippen molar-refractivity contribution in [1.29, 1.82) is 0 Å². The van der Waals surface area contributed by atoms with Crippen LogP contribution in [-0.4, -0.2) is 7.05 Å². The van der Waals surface area contributed by atoms with E-state index in [9.17, 15) is 4.39 Å². The van der Waals surface area contributed by atoms with Gasteiger partial charge in [0.2, 0.25) is 0 Å². The third-order valence-corrected chi connectivity index (χ3v) is 2.85. The molecule has 0 heterocycles. The van der Waals surface area contributed by atoms with Crippen molar-refractivity contribution < 1.29 is 4.39 Å². The second-order valence-corrected chi connectivity index (χ2v) is 4.09. The molecule has 1 atom stereocenters. The van der Waals surface area contributed by atoms with E-state index in [1.54, 1.807) is 0 Å². The monoisotopic (exact) mass is 221 g/mol. The lowest BCUT2D eigenvalue weighted by molar-refractivity contribution is 0.523. The van der Waals surface area contributed by atoms with E-state index in [2.05, 4.69) is 18.8 Å². The minimum atomic E-state index is -0.178. The summed E-state index contributed by atoms with van der Waals surface area (Å²) in [4.78, 5) is 0. The number of hydrogen-bond acceptors (Lipinski definition) is 1. The van der Waals surface area contributed by atoms with Crippen LogP contribution in [0, 0.1) is 11.7 Å². The van der Waals surface area contributed by atoms with Crippen LogP contribution in [-0.2, 0) is 6.42 Å². The molecular weight excluding hydrogens is 201 g/mol. The first kappa shape index (κ1) is 12.8. The highest BCUT2D eigenvalue weighted by Crippen LogP contribution is 2.19. The Hall–Kier alpha value is -1.31. The van der Waals surface area contributed by atoms with E-state index < -0.39 is 0 Å². The summed E-state index contributed by atoms with van der Waals surface area (Å²) in [6.07, 6.45) is 3.16. The first-order chi connectivity index (χ1) is 7.67. The van der Waals surface area contributed by atoms with Crippen LogP contribution in [0.5, 0.6) is 0 Å². The molecule has 88 valence electrons. The van der Waals surface area contributed by atoms with Gasteiger partial charge in [-0.3, -0.25) is 0 Å². The van der Waals surface area contributed by atoms with Crippen LogP contribution in [0.2, 0.25) is 0 Å². The molecule has 0 aliphatic carbocycles. The topological polar surface area (TPSA) is 12.0 Å². The third-order valence-electron chi connectivity index (χ3n) is 2.85. The zero-order valence-electron chi connectivity index (χ0n) is 10.1. The number of rotatable bonds is 6. The Morgan fingerprint density at radius 1 is 1.38 bits per heavy atom. The highest BCUT2D eigenvalue weighted by Gasteiger charge is 2.11. The van der Waals surface area contributed by atoms with Crippen LogP contribution in [0.1, 0.15) is 25.3 Å². The van der Waals surface area contributed by atoms with Crippen molar-refractivity contribution in [2.45, 2.75) is 26.2 Å². The lowest BCUT2D eigenvalue weighted by atomic mass is 9.92. The highest BCUT2D eigenvalue weighted by atomic mass is 19.1. The minimum Gasteiger partial charge on any atom is -0.392 e. The number of nitrogens with one attached hydrogen (secondary N) is 1. The predicted octanol–water partition coefficient (Wildman–Crippen LogP) is 3.52. The zero-order valence-corrected chi connectivity index (χ0v) is 10.1. The summed E-state index contributed by atoms with van der Waals surface area (Å²) in [6.45, 7) is 6.19. The maximum absolute atomic E-state index is 12.8. The molecule has 0 bridgehead atoms. The van der Waals surface area contributed by atoms with Crippen molar-refractivity contribution >= 4 is 0 Å². The first-order valence-electron chi connectivity index (χ1n) is 5.78. The quantitative estimate of drug-likeness (QED) is 0.775. The van der Waals surface area contributed by atoms with Crippen LogP contribution >= 0.6 is 0 Å². The summed E-state index contributed by atoms with van der Waals surface area (Å²) in [5.74, 6) is 0.253. The molecule has 0 fully saturated rings. The molecule has 2 heteroatoms. The summed E-state index contributed by atoms with van der Waals surface area (Å²) in [6, 6.07) is 6.73. The van der Waals surface area contributed by atoms with E-state index in [-0.39, 0.29) is 5.82 Å². The molecule has 1 N–H and O–H groups in total. The maximum Gasteiger partial charge on any atom is 0.123 e. The molecule has 1 rings (SSSR count). The maximum atomic E-state index is 12.8. The van der Waals surface area contributed by atoms with E-state index in [0.29, 0.717) is 5.92 Å². The van der Waals surface area contributed by atoms with Gasteiger partial charge in [-0.1, -0.05) is 32.1 Å². The molecule has 1 aromatic carbocycles. The highest BCUT2D eigenvalue weighted by molar-refractivity contribution is 5.18. The molecule has 1 aromatic rings. The fourth-order valence-corrected chi connectivity index (χ4v) is 1.86. The Kier molecular flexibility index (Phi) is 5.03. The van der Waals surface area contributed by atoms with E-state index in [0.717, 1.165) is 30.5 Å². The Balaban J connectivity index is 2.67. The molecular formula is C14H20FN. The zero-order chi connectivity index (χ0) is 12.0. The second-order valence-electron chi connectivity index (χ2n) is 4.09. The lowest BCUT2D eigenvalue weighted by Gasteiger charge is -2.18. The molecule has 1 nitrogen and oxygen atoms in total. The lowest BCUT2D eigenvalue weighted by Crippen LogP contribution is -2.17. The van der Waals surface area contributed by atoms with Gasteiger partial charge in [0.05, 0.1) is 0 Å². The summed E-state index contributed by atoms with van der Waals surface area (Å²) in [5, 5.41) is 3.11. The van der Waals surface area contributed by atoms with Crippen molar-refractivity contribution in [3.8, 4) is 0 Å². The third kappa shape index (κ3) is 3.69. The van der Waals surface area contributed by atoms with E-state index >= 15 is 0 Å². The number of hydrogen-bond donors (Lipinski definition) is 1. The van der Waals surface area contributed by atoms with Gasteiger partial charge in [-0.2, -0.15) is 0 Å². The van der Waals surface area contributed by atoms with Crippen molar-refractivity contribution in [2.24, 2.45) is 5.92 Å². The Morgan fingerprint density at radius 2 is 2.00 bits per heavy atom. The number of allylic oxidation sites excluding steroid dienone is 1. The summed E-state index contributed by atoms with van der Waals surface area (Å²) in [5.41, 5.74) is 2.22. The van der Waals surface area contributed by atoms with Crippen molar-refractivity contribution in [1.82, 2.24) is 5.32 Å². The van der Waals surface area contributed by atoms with Gasteiger partial charge in [-0.15, -0.1) is 0 Å². The molecule has 0 aliphatic rings. The SMILES string of the molecule is C=C(NC)C(CCC)Cc1ccc(F)cc1. The van der Waals surface area contributed by atoms with Gasteiger partial charge in [0.1, 0.15) is 5.82 Å². The minimum absolute atomic E-state index is 0.178. The molecule has 0 radical (unpaired) electrons. The van der Waals surface area contributed by atoms with E-state index in [1.807, 2.05) is 19.2 Å². The summed E-state index contributed by atoms with van der Waals surface area (Å²) in [7, 11) is 1.90. The smallest absolute Gasteiger partial charge is 0.123 e. The molecule has 0 saturated carbocycles. The fourth-order valence-electron chi connectivity index (χ4n) is 1.86. The average molecular weight is 221 g/mol. The molecule has 0 aliphatic heterocycles.